The van der Waals surface area contributed by atoms with Crippen LogP contribution >= 0.6 is 0 Å². The lowest BCUT2D eigenvalue weighted by molar-refractivity contribution is -0.127. The highest BCUT2D eigenvalue weighted by Crippen LogP contribution is 1.89. The van der Waals surface area contributed by atoms with Crippen LogP contribution in [-0.4, -0.2) is 24.9 Å². The molecule has 0 aliphatic heterocycles. The maximum Gasteiger partial charge on any atom is 0.225 e. The highest BCUT2D eigenvalue weighted by atomic mass is 16.2. The average Bonchev–Trinajstić information content (AvgIpc) is 1.97. The Balaban J connectivity index is 3.62. The monoisotopic (exact) mass is 153 g/mol. The standard InChI is InChI=1S/C9H15NO/c1-4-5-6-7-8-9(11)10(2)3/h4-7H,8H2,1-3H3/b5-4-,7-6+. The van der Waals surface area contributed by atoms with Crippen molar-refractivity contribution in [1.29, 1.82) is 0 Å². The van der Waals surface area contributed by atoms with Gasteiger partial charge in [0.25, 0.3) is 0 Å². The predicted molar refractivity (Wildman–Crippen MR) is 47.3 cm³/mol. The van der Waals surface area contributed by atoms with E-state index < -0.39 is 0 Å². The molecule has 2 nitrogen and oxygen atoms in total. The number of allylic oxidation sites excluding steroid dienone is 3. The topological polar surface area (TPSA) is 20.3 Å². The maximum atomic E-state index is 11.0. The van der Waals surface area contributed by atoms with Crippen LogP contribution in [0.2, 0.25) is 0 Å². The molecule has 0 aliphatic carbocycles. The third-order valence-corrected chi connectivity index (χ3v) is 1.23. The number of hydrogen-bond donors (Lipinski definition) is 0. The van der Waals surface area contributed by atoms with E-state index in [1.807, 2.05) is 31.2 Å². The van der Waals surface area contributed by atoms with E-state index in [9.17, 15) is 4.79 Å². The summed E-state index contributed by atoms with van der Waals surface area (Å²) < 4.78 is 0. The van der Waals surface area contributed by atoms with E-state index in [-0.39, 0.29) is 5.91 Å². The minimum atomic E-state index is 0.130. The van der Waals surface area contributed by atoms with Crippen LogP contribution in [0.5, 0.6) is 0 Å². The van der Waals surface area contributed by atoms with E-state index in [2.05, 4.69) is 0 Å². The number of amides is 1. The Bertz CT molecular complexity index is 168. The van der Waals surface area contributed by atoms with Crippen LogP contribution in [0.4, 0.5) is 0 Å². The van der Waals surface area contributed by atoms with Crippen molar-refractivity contribution in [2.45, 2.75) is 13.3 Å². The second-order valence-electron chi connectivity index (χ2n) is 2.45. The molecule has 0 radical (unpaired) electrons. The predicted octanol–water partition coefficient (Wildman–Crippen LogP) is 1.60. The van der Waals surface area contributed by atoms with Gasteiger partial charge in [-0.2, -0.15) is 0 Å². The summed E-state index contributed by atoms with van der Waals surface area (Å²) in [6.07, 6.45) is 8.04. The first-order valence-electron chi connectivity index (χ1n) is 3.66. The average molecular weight is 153 g/mol. The van der Waals surface area contributed by atoms with Gasteiger partial charge in [-0.05, 0) is 6.92 Å². The highest BCUT2D eigenvalue weighted by Gasteiger charge is 1.97. The molecule has 62 valence electrons. The molecule has 0 rings (SSSR count). The molecule has 0 bridgehead atoms. The van der Waals surface area contributed by atoms with Gasteiger partial charge in [-0.15, -0.1) is 0 Å². The molecular weight excluding hydrogens is 138 g/mol. The molecule has 2 heteroatoms. The van der Waals surface area contributed by atoms with Crippen LogP contribution in [0, 0.1) is 0 Å². The molecule has 1 amide bonds. The third-order valence-electron chi connectivity index (χ3n) is 1.23. The maximum absolute atomic E-state index is 11.0. The Morgan fingerprint density at radius 1 is 1.36 bits per heavy atom. The molecule has 11 heavy (non-hydrogen) atoms. The summed E-state index contributed by atoms with van der Waals surface area (Å²) in [5.41, 5.74) is 0. The van der Waals surface area contributed by atoms with Gasteiger partial charge in [0.15, 0.2) is 0 Å². The quantitative estimate of drug-likeness (QED) is 0.564. The first kappa shape index (κ1) is 9.95. The van der Waals surface area contributed by atoms with Gasteiger partial charge in [0, 0.05) is 20.5 Å². The smallest absolute Gasteiger partial charge is 0.225 e. The molecule has 0 spiro atoms. The van der Waals surface area contributed by atoms with Crippen molar-refractivity contribution in [2.75, 3.05) is 14.1 Å². The number of carbonyl (C=O) groups excluding carboxylic acids is 1. The van der Waals surface area contributed by atoms with Gasteiger partial charge in [0.2, 0.25) is 5.91 Å². The fraction of sp³-hybridized carbons (Fsp3) is 0.444. The Labute approximate surface area is 68.2 Å². The molecule has 0 aromatic rings. The van der Waals surface area contributed by atoms with Crippen LogP contribution in [0.25, 0.3) is 0 Å². The summed E-state index contributed by atoms with van der Waals surface area (Å²) in [7, 11) is 3.51. The van der Waals surface area contributed by atoms with E-state index in [1.165, 1.54) is 0 Å². The SMILES string of the molecule is C/C=C\C=C\CC(=O)N(C)C. The zero-order chi connectivity index (χ0) is 8.69. The van der Waals surface area contributed by atoms with Crippen molar-refractivity contribution < 1.29 is 4.79 Å². The van der Waals surface area contributed by atoms with Gasteiger partial charge in [-0.1, -0.05) is 24.3 Å². The largest absolute Gasteiger partial charge is 0.349 e. The van der Waals surface area contributed by atoms with Crippen molar-refractivity contribution in [1.82, 2.24) is 4.90 Å². The van der Waals surface area contributed by atoms with Crippen LogP contribution in [-0.2, 0) is 4.79 Å². The van der Waals surface area contributed by atoms with Crippen molar-refractivity contribution in [3.8, 4) is 0 Å². The van der Waals surface area contributed by atoms with E-state index in [1.54, 1.807) is 19.0 Å². The minimum absolute atomic E-state index is 0.130. The van der Waals surface area contributed by atoms with Crippen LogP contribution in [0.3, 0.4) is 0 Å². The van der Waals surface area contributed by atoms with E-state index >= 15 is 0 Å². The van der Waals surface area contributed by atoms with Gasteiger partial charge in [-0.3, -0.25) is 4.79 Å². The fourth-order valence-electron chi connectivity index (χ4n) is 0.541. The molecule has 0 saturated heterocycles. The molecule has 0 saturated carbocycles. The van der Waals surface area contributed by atoms with E-state index in [4.69, 9.17) is 0 Å². The number of carbonyl (C=O) groups is 1. The number of hydrogen-bond acceptors (Lipinski definition) is 1. The summed E-state index contributed by atoms with van der Waals surface area (Å²) in [5.74, 6) is 0.130. The van der Waals surface area contributed by atoms with Crippen LogP contribution in [0.1, 0.15) is 13.3 Å². The first-order chi connectivity index (χ1) is 5.18. The van der Waals surface area contributed by atoms with Crippen LogP contribution < -0.4 is 0 Å². The molecule has 0 heterocycles. The lowest BCUT2D eigenvalue weighted by atomic mass is 10.3. The van der Waals surface area contributed by atoms with Crippen molar-refractivity contribution in [3.63, 3.8) is 0 Å². The van der Waals surface area contributed by atoms with Gasteiger partial charge in [0.1, 0.15) is 0 Å². The highest BCUT2D eigenvalue weighted by molar-refractivity contribution is 5.77. The Kier molecular flexibility index (Phi) is 5.17. The van der Waals surface area contributed by atoms with Crippen molar-refractivity contribution in [3.05, 3.63) is 24.3 Å². The Morgan fingerprint density at radius 3 is 2.45 bits per heavy atom. The zero-order valence-corrected chi connectivity index (χ0v) is 7.37. The fourth-order valence-corrected chi connectivity index (χ4v) is 0.541. The van der Waals surface area contributed by atoms with E-state index in [0.29, 0.717) is 6.42 Å². The van der Waals surface area contributed by atoms with Gasteiger partial charge in [-0.25, -0.2) is 0 Å². The molecular formula is C9H15NO. The molecule has 0 atom stereocenters. The number of nitrogens with zero attached hydrogens (tertiary/aromatic N) is 1. The van der Waals surface area contributed by atoms with E-state index in [0.717, 1.165) is 0 Å². The van der Waals surface area contributed by atoms with Crippen molar-refractivity contribution in [2.24, 2.45) is 0 Å². The third kappa shape index (κ3) is 5.40. The molecule has 0 fully saturated rings. The molecule has 0 aromatic carbocycles. The summed E-state index contributed by atoms with van der Waals surface area (Å²) in [5, 5.41) is 0. The molecule has 0 unspecified atom stereocenters. The first-order valence-corrected chi connectivity index (χ1v) is 3.66. The normalized spacial score (nSPS) is 11.2. The minimum Gasteiger partial charge on any atom is -0.349 e. The second-order valence-corrected chi connectivity index (χ2v) is 2.45. The zero-order valence-electron chi connectivity index (χ0n) is 7.37. The summed E-state index contributed by atoms with van der Waals surface area (Å²) in [4.78, 5) is 12.5. The molecule has 0 aromatic heterocycles. The van der Waals surface area contributed by atoms with Gasteiger partial charge in [0.05, 0.1) is 0 Å². The molecule has 0 aliphatic rings. The van der Waals surface area contributed by atoms with Gasteiger partial charge < -0.3 is 4.90 Å². The van der Waals surface area contributed by atoms with Crippen molar-refractivity contribution >= 4 is 5.91 Å². The summed E-state index contributed by atoms with van der Waals surface area (Å²) >= 11 is 0. The van der Waals surface area contributed by atoms with Gasteiger partial charge >= 0.3 is 0 Å². The second kappa shape index (κ2) is 5.71. The summed E-state index contributed by atoms with van der Waals surface area (Å²) in [6.45, 7) is 1.94. The Hall–Kier alpha value is -1.05. The lowest BCUT2D eigenvalue weighted by Crippen LogP contribution is -2.20. The lowest BCUT2D eigenvalue weighted by Gasteiger charge is -2.06. The number of rotatable bonds is 3. The van der Waals surface area contributed by atoms with Crippen LogP contribution in [0.15, 0.2) is 24.3 Å². The Morgan fingerprint density at radius 2 is 2.00 bits per heavy atom. The summed E-state index contributed by atoms with van der Waals surface area (Å²) in [6, 6.07) is 0. The molecule has 0 N–H and O–H groups in total.